The molecule has 1 saturated carbocycles. The Bertz CT molecular complexity index is 394. The topological polar surface area (TPSA) is 17.1 Å². The summed E-state index contributed by atoms with van der Waals surface area (Å²) in [6.45, 7) is 0. The van der Waals surface area contributed by atoms with Crippen LogP contribution in [0.3, 0.4) is 0 Å². The minimum Gasteiger partial charge on any atom is -0.294 e. The van der Waals surface area contributed by atoms with Crippen molar-refractivity contribution >= 4 is 5.78 Å². The third kappa shape index (κ3) is 1.41. The number of carbonyl (C=O) groups is 1. The third-order valence-corrected chi connectivity index (χ3v) is 4.02. The van der Waals surface area contributed by atoms with Crippen molar-refractivity contribution in [3.8, 4) is 0 Å². The summed E-state index contributed by atoms with van der Waals surface area (Å²) in [6.07, 6.45) is 5.99. The fourth-order valence-corrected chi connectivity index (χ4v) is 3.28. The van der Waals surface area contributed by atoms with E-state index in [1.54, 1.807) is 0 Å². The summed E-state index contributed by atoms with van der Waals surface area (Å²) in [5.74, 6) is 1.68. The van der Waals surface area contributed by atoms with E-state index in [0.29, 0.717) is 17.6 Å². The number of hydrogen-bond acceptors (Lipinski definition) is 1. The minimum absolute atomic E-state index is 0.369. The number of Topliss-reactive ketones (excluding diaryl/α,β-unsaturated/α-hetero) is 1. The molecule has 0 heterocycles. The van der Waals surface area contributed by atoms with Gasteiger partial charge >= 0.3 is 0 Å². The van der Waals surface area contributed by atoms with E-state index in [9.17, 15) is 4.79 Å². The van der Waals surface area contributed by atoms with E-state index in [-0.39, 0.29) is 0 Å². The van der Waals surface area contributed by atoms with E-state index in [4.69, 9.17) is 0 Å². The SMILES string of the molecule is O=C1C[C@@H]2CCCC[C@H]2c2ccccc21. The summed E-state index contributed by atoms with van der Waals surface area (Å²) in [4.78, 5) is 11.9. The molecule has 1 nitrogen and oxygen atoms in total. The molecule has 0 saturated heterocycles. The Labute approximate surface area is 90.5 Å². The molecule has 0 spiro atoms. The van der Waals surface area contributed by atoms with Gasteiger partial charge in [-0.25, -0.2) is 0 Å². The van der Waals surface area contributed by atoms with Gasteiger partial charge < -0.3 is 0 Å². The van der Waals surface area contributed by atoms with Crippen molar-refractivity contribution in [1.82, 2.24) is 0 Å². The van der Waals surface area contributed by atoms with Gasteiger partial charge in [-0.15, -0.1) is 0 Å². The van der Waals surface area contributed by atoms with E-state index in [1.807, 2.05) is 12.1 Å². The Hall–Kier alpha value is -1.11. The van der Waals surface area contributed by atoms with Crippen LogP contribution in [0.25, 0.3) is 0 Å². The predicted molar refractivity (Wildman–Crippen MR) is 60.1 cm³/mol. The van der Waals surface area contributed by atoms with Gasteiger partial charge in [-0.2, -0.15) is 0 Å². The van der Waals surface area contributed by atoms with Crippen molar-refractivity contribution < 1.29 is 4.79 Å². The molecule has 0 aromatic heterocycles. The molecule has 2 aliphatic rings. The molecule has 3 rings (SSSR count). The van der Waals surface area contributed by atoms with Crippen molar-refractivity contribution in [3.05, 3.63) is 35.4 Å². The zero-order chi connectivity index (χ0) is 10.3. The van der Waals surface area contributed by atoms with Crippen molar-refractivity contribution in [1.29, 1.82) is 0 Å². The smallest absolute Gasteiger partial charge is 0.163 e. The van der Waals surface area contributed by atoms with Gasteiger partial charge in [0.2, 0.25) is 0 Å². The minimum atomic E-state index is 0.369. The molecule has 0 unspecified atom stereocenters. The van der Waals surface area contributed by atoms with Crippen LogP contribution in [0.1, 0.15) is 53.9 Å². The molecular formula is C14H16O. The highest BCUT2D eigenvalue weighted by Gasteiger charge is 2.34. The highest BCUT2D eigenvalue weighted by Crippen LogP contribution is 2.44. The summed E-state index contributed by atoms with van der Waals surface area (Å²) < 4.78 is 0. The first-order valence-electron chi connectivity index (χ1n) is 5.98. The molecule has 1 aromatic carbocycles. The normalized spacial score (nSPS) is 29.5. The van der Waals surface area contributed by atoms with E-state index in [0.717, 1.165) is 12.0 Å². The van der Waals surface area contributed by atoms with E-state index < -0.39 is 0 Å². The first-order chi connectivity index (χ1) is 7.36. The second-order valence-corrected chi connectivity index (χ2v) is 4.87. The Morgan fingerprint density at radius 1 is 1.07 bits per heavy atom. The molecule has 15 heavy (non-hydrogen) atoms. The summed E-state index contributed by atoms with van der Waals surface area (Å²) in [5.41, 5.74) is 2.33. The molecule has 1 heteroatoms. The van der Waals surface area contributed by atoms with Crippen LogP contribution in [0.4, 0.5) is 0 Å². The van der Waals surface area contributed by atoms with Crippen LogP contribution in [0.2, 0.25) is 0 Å². The largest absolute Gasteiger partial charge is 0.294 e. The monoisotopic (exact) mass is 200 g/mol. The second-order valence-electron chi connectivity index (χ2n) is 4.87. The maximum Gasteiger partial charge on any atom is 0.163 e. The Kier molecular flexibility index (Phi) is 2.12. The van der Waals surface area contributed by atoms with Gasteiger partial charge in [-0.3, -0.25) is 4.79 Å². The molecule has 0 N–H and O–H groups in total. The van der Waals surface area contributed by atoms with Crippen molar-refractivity contribution in [2.45, 2.75) is 38.0 Å². The lowest BCUT2D eigenvalue weighted by molar-refractivity contribution is 0.0919. The standard InChI is InChI=1S/C14H16O/c15-14-9-10-5-1-2-6-11(10)12-7-3-4-8-13(12)14/h3-4,7-8,10-11H,1-2,5-6,9H2/t10-,11+/m0/s1. The average Bonchev–Trinajstić information content (AvgIpc) is 2.30. The summed E-state index contributed by atoms with van der Waals surface area (Å²) >= 11 is 0. The maximum absolute atomic E-state index is 11.9. The van der Waals surface area contributed by atoms with Crippen molar-refractivity contribution in [2.24, 2.45) is 5.92 Å². The molecule has 0 bridgehead atoms. The number of fused-ring (bicyclic) bond motifs is 3. The van der Waals surface area contributed by atoms with E-state index in [2.05, 4.69) is 12.1 Å². The summed E-state index contributed by atoms with van der Waals surface area (Å²) in [7, 11) is 0. The molecule has 1 fully saturated rings. The van der Waals surface area contributed by atoms with Gasteiger partial charge in [0.1, 0.15) is 0 Å². The van der Waals surface area contributed by atoms with Crippen LogP contribution in [0, 0.1) is 5.92 Å². The lowest BCUT2D eigenvalue weighted by Gasteiger charge is -2.36. The van der Waals surface area contributed by atoms with Crippen LogP contribution in [-0.4, -0.2) is 5.78 Å². The van der Waals surface area contributed by atoms with Gasteiger partial charge in [0.15, 0.2) is 5.78 Å². The van der Waals surface area contributed by atoms with E-state index in [1.165, 1.54) is 31.2 Å². The molecular weight excluding hydrogens is 184 g/mol. The molecule has 2 aliphatic carbocycles. The molecule has 2 atom stereocenters. The van der Waals surface area contributed by atoms with Gasteiger partial charge in [-0.05, 0) is 30.2 Å². The predicted octanol–water partition coefficient (Wildman–Crippen LogP) is 3.55. The van der Waals surface area contributed by atoms with Gasteiger partial charge in [-0.1, -0.05) is 37.1 Å². The Morgan fingerprint density at radius 3 is 2.80 bits per heavy atom. The van der Waals surface area contributed by atoms with Crippen molar-refractivity contribution in [3.63, 3.8) is 0 Å². The number of hydrogen-bond donors (Lipinski definition) is 0. The highest BCUT2D eigenvalue weighted by molar-refractivity contribution is 5.99. The molecule has 0 radical (unpaired) electrons. The Balaban J connectivity index is 2.07. The fraction of sp³-hybridized carbons (Fsp3) is 0.500. The summed E-state index contributed by atoms with van der Waals surface area (Å²) in [6, 6.07) is 8.22. The zero-order valence-corrected chi connectivity index (χ0v) is 8.91. The van der Waals surface area contributed by atoms with Crippen LogP contribution < -0.4 is 0 Å². The van der Waals surface area contributed by atoms with Crippen LogP contribution in [0.5, 0.6) is 0 Å². The average molecular weight is 200 g/mol. The quantitative estimate of drug-likeness (QED) is 0.626. The maximum atomic E-state index is 11.9. The molecule has 0 amide bonds. The molecule has 1 aromatic rings. The zero-order valence-electron chi connectivity index (χ0n) is 8.91. The first kappa shape index (κ1) is 9.14. The van der Waals surface area contributed by atoms with Crippen LogP contribution in [-0.2, 0) is 0 Å². The third-order valence-electron chi connectivity index (χ3n) is 4.02. The Morgan fingerprint density at radius 2 is 1.87 bits per heavy atom. The van der Waals surface area contributed by atoms with Crippen molar-refractivity contribution in [2.75, 3.05) is 0 Å². The highest BCUT2D eigenvalue weighted by atomic mass is 16.1. The molecule has 78 valence electrons. The fourth-order valence-electron chi connectivity index (χ4n) is 3.28. The number of ketones is 1. The van der Waals surface area contributed by atoms with Gasteiger partial charge in [0.05, 0.1) is 0 Å². The van der Waals surface area contributed by atoms with Crippen LogP contribution >= 0.6 is 0 Å². The number of rotatable bonds is 0. The lowest BCUT2D eigenvalue weighted by Crippen LogP contribution is -2.27. The first-order valence-corrected chi connectivity index (χ1v) is 5.98. The summed E-state index contributed by atoms with van der Waals surface area (Å²) in [5, 5.41) is 0. The van der Waals surface area contributed by atoms with Crippen LogP contribution in [0.15, 0.2) is 24.3 Å². The lowest BCUT2D eigenvalue weighted by atomic mass is 9.68. The number of benzene rings is 1. The van der Waals surface area contributed by atoms with E-state index >= 15 is 0 Å². The molecule has 0 aliphatic heterocycles. The number of carbonyl (C=O) groups excluding carboxylic acids is 1. The van der Waals surface area contributed by atoms with Gasteiger partial charge in [0.25, 0.3) is 0 Å². The second kappa shape index (κ2) is 3.48. The van der Waals surface area contributed by atoms with Gasteiger partial charge in [0, 0.05) is 12.0 Å².